The van der Waals surface area contributed by atoms with Gasteiger partial charge in [0.15, 0.2) is 0 Å². The van der Waals surface area contributed by atoms with E-state index >= 15 is 0 Å². The van der Waals surface area contributed by atoms with Crippen LogP contribution in [0.1, 0.15) is 51.9 Å². The van der Waals surface area contributed by atoms with Crippen molar-refractivity contribution in [2.75, 3.05) is 33.2 Å². The summed E-state index contributed by atoms with van der Waals surface area (Å²) in [7, 11) is 2.19. The minimum atomic E-state index is -0.574. The van der Waals surface area contributed by atoms with Gasteiger partial charge in [-0.05, 0) is 65.2 Å². The molecular weight excluding hydrogens is 252 g/mol. The lowest BCUT2D eigenvalue weighted by Crippen LogP contribution is -2.51. The number of aliphatic carboxylic acids is 1. The quantitative estimate of drug-likeness (QED) is 0.860. The van der Waals surface area contributed by atoms with Crippen molar-refractivity contribution in [1.29, 1.82) is 0 Å². The summed E-state index contributed by atoms with van der Waals surface area (Å²) in [4.78, 5) is 16.7. The van der Waals surface area contributed by atoms with E-state index < -0.39 is 11.4 Å². The van der Waals surface area contributed by atoms with Gasteiger partial charge in [-0.25, -0.2) is 0 Å². The van der Waals surface area contributed by atoms with E-state index in [2.05, 4.69) is 23.8 Å². The maximum Gasteiger partial charge on any atom is 0.310 e. The first-order valence-corrected chi connectivity index (χ1v) is 8.23. The summed E-state index contributed by atoms with van der Waals surface area (Å²) < 4.78 is 0. The third-order valence-corrected chi connectivity index (χ3v) is 5.23. The average Bonchev–Trinajstić information content (AvgIpc) is 2.64. The lowest BCUT2D eigenvalue weighted by atomic mass is 9.75. The van der Waals surface area contributed by atoms with E-state index in [0.717, 1.165) is 45.3 Å². The highest BCUT2D eigenvalue weighted by Crippen LogP contribution is 2.36. The van der Waals surface area contributed by atoms with Gasteiger partial charge in [0, 0.05) is 12.6 Å². The Kier molecular flexibility index (Phi) is 5.44. The van der Waals surface area contributed by atoms with Crippen molar-refractivity contribution in [3.8, 4) is 0 Å². The van der Waals surface area contributed by atoms with Crippen LogP contribution in [-0.4, -0.2) is 60.1 Å². The molecule has 0 aromatic carbocycles. The van der Waals surface area contributed by atoms with Crippen molar-refractivity contribution in [2.45, 2.75) is 57.9 Å². The zero-order valence-corrected chi connectivity index (χ0v) is 13.1. The average molecular weight is 282 g/mol. The second-order valence-electron chi connectivity index (χ2n) is 6.80. The molecule has 0 saturated carbocycles. The van der Waals surface area contributed by atoms with Crippen LogP contribution in [-0.2, 0) is 4.79 Å². The summed E-state index contributed by atoms with van der Waals surface area (Å²) in [6.07, 6.45) is 7.35. The molecule has 116 valence electrons. The van der Waals surface area contributed by atoms with Crippen LogP contribution in [0.2, 0.25) is 0 Å². The summed E-state index contributed by atoms with van der Waals surface area (Å²) in [5.41, 5.74) is -0.481. The molecule has 0 spiro atoms. The Morgan fingerprint density at radius 1 is 1.25 bits per heavy atom. The highest BCUT2D eigenvalue weighted by Gasteiger charge is 2.42. The van der Waals surface area contributed by atoms with Crippen LogP contribution in [0.4, 0.5) is 0 Å². The Bertz CT molecular complexity index is 330. The molecule has 2 rings (SSSR count). The molecule has 2 aliphatic rings. The molecule has 1 N–H and O–H groups in total. The SMILES string of the molecule is CCCC1(C(=O)O)CCCN(C2CCCN(C)CC2)C1. The van der Waals surface area contributed by atoms with Gasteiger partial charge in [0.25, 0.3) is 0 Å². The number of carboxylic acids is 1. The smallest absolute Gasteiger partial charge is 0.310 e. The summed E-state index contributed by atoms with van der Waals surface area (Å²) in [6.45, 7) is 6.29. The van der Waals surface area contributed by atoms with E-state index in [1.54, 1.807) is 0 Å². The zero-order chi connectivity index (χ0) is 14.6. The number of likely N-dealkylation sites (tertiary alicyclic amines) is 2. The number of carbonyl (C=O) groups is 1. The van der Waals surface area contributed by atoms with Crippen molar-refractivity contribution in [3.63, 3.8) is 0 Å². The summed E-state index contributed by atoms with van der Waals surface area (Å²) >= 11 is 0. The molecule has 4 heteroatoms. The Morgan fingerprint density at radius 3 is 2.75 bits per heavy atom. The number of rotatable bonds is 4. The Morgan fingerprint density at radius 2 is 2.05 bits per heavy atom. The second-order valence-corrected chi connectivity index (χ2v) is 6.80. The number of carboxylic acid groups (broad SMARTS) is 1. The molecule has 0 aromatic rings. The number of hydrogen-bond acceptors (Lipinski definition) is 3. The Hall–Kier alpha value is -0.610. The van der Waals surface area contributed by atoms with E-state index in [0.29, 0.717) is 6.04 Å². The fourth-order valence-corrected chi connectivity index (χ4v) is 4.03. The van der Waals surface area contributed by atoms with Crippen LogP contribution < -0.4 is 0 Å². The second kappa shape index (κ2) is 6.90. The first-order chi connectivity index (χ1) is 9.57. The van der Waals surface area contributed by atoms with E-state index in [1.165, 1.54) is 25.8 Å². The number of piperidine rings is 1. The molecule has 2 heterocycles. The molecule has 4 nitrogen and oxygen atoms in total. The van der Waals surface area contributed by atoms with Crippen molar-refractivity contribution in [2.24, 2.45) is 5.41 Å². The normalized spacial score (nSPS) is 33.8. The van der Waals surface area contributed by atoms with Crippen molar-refractivity contribution in [1.82, 2.24) is 9.80 Å². The van der Waals surface area contributed by atoms with Gasteiger partial charge in [-0.2, -0.15) is 0 Å². The van der Waals surface area contributed by atoms with E-state index in [1.807, 2.05) is 0 Å². The van der Waals surface area contributed by atoms with Crippen LogP contribution in [0, 0.1) is 5.41 Å². The van der Waals surface area contributed by atoms with Gasteiger partial charge < -0.3 is 10.0 Å². The fourth-order valence-electron chi connectivity index (χ4n) is 4.03. The van der Waals surface area contributed by atoms with Gasteiger partial charge in [-0.3, -0.25) is 9.69 Å². The maximum absolute atomic E-state index is 11.8. The van der Waals surface area contributed by atoms with Crippen LogP contribution >= 0.6 is 0 Å². The molecule has 2 unspecified atom stereocenters. The van der Waals surface area contributed by atoms with Crippen molar-refractivity contribution < 1.29 is 9.90 Å². The van der Waals surface area contributed by atoms with Gasteiger partial charge >= 0.3 is 5.97 Å². The standard InChI is InChI=1S/C16H30N2O2/c1-3-8-16(15(19)20)9-5-11-18(13-16)14-6-4-10-17(2)12-7-14/h14H,3-13H2,1-2H3,(H,19,20). The molecule has 2 saturated heterocycles. The van der Waals surface area contributed by atoms with Crippen LogP contribution in [0.15, 0.2) is 0 Å². The van der Waals surface area contributed by atoms with E-state index in [-0.39, 0.29) is 0 Å². The molecule has 0 bridgehead atoms. The summed E-state index contributed by atoms with van der Waals surface area (Å²) in [6, 6.07) is 0.593. The molecule has 20 heavy (non-hydrogen) atoms. The summed E-state index contributed by atoms with van der Waals surface area (Å²) in [5, 5.41) is 9.70. The molecule has 0 amide bonds. The Balaban J connectivity index is 2.03. The highest BCUT2D eigenvalue weighted by atomic mass is 16.4. The Labute approximate surface area is 123 Å². The molecule has 2 atom stereocenters. The molecule has 0 aliphatic carbocycles. The first-order valence-electron chi connectivity index (χ1n) is 8.23. The minimum absolute atomic E-state index is 0.481. The highest BCUT2D eigenvalue weighted by molar-refractivity contribution is 5.75. The monoisotopic (exact) mass is 282 g/mol. The largest absolute Gasteiger partial charge is 0.481 e. The van der Waals surface area contributed by atoms with E-state index in [9.17, 15) is 9.90 Å². The zero-order valence-electron chi connectivity index (χ0n) is 13.1. The van der Waals surface area contributed by atoms with Gasteiger partial charge in [0.2, 0.25) is 0 Å². The third kappa shape index (κ3) is 3.53. The molecule has 0 radical (unpaired) electrons. The lowest BCUT2D eigenvalue weighted by Gasteiger charge is -2.43. The van der Waals surface area contributed by atoms with E-state index in [4.69, 9.17) is 0 Å². The third-order valence-electron chi connectivity index (χ3n) is 5.23. The molecule has 0 aromatic heterocycles. The van der Waals surface area contributed by atoms with Gasteiger partial charge in [0.05, 0.1) is 5.41 Å². The van der Waals surface area contributed by atoms with Crippen LogP contribution in [0.5, 0.6) is 0 Å². The summed E-state index contributed by atoms with van der Waals surface area (Å²) in [5.74, 6) is -0.574. The maximum atomic E-state index is 11.8. The fraction of sp³-hybridized carbons (Fsp3) is 0.938. The topological polar surface area (TPSA) is 43.8 Å². The predicted octanol–water partition coefficient (Wildman–Crippen LogP) is 2.44. The molecule has 2 fully saturated rings. The number of hydrogen-bond donors (Lipinski definition) is 1. The molecular formula is C16H30N2O2. The van der Waals surface area contributed by atoms with Crippen molar-refractivity contribution in [3.05, 3.63) is 0 Å². The lowest BCUT2D eigenvalue weighted by molar-refractivity contribution is -0.154. The van der Waals surface area contributed by atoms with Gasteiger partial charge in [-0.15, -0.1) is 0 Å². The van der Waals surface area contributed by atoms with Crippen molar-refractivity contribution >= 4 is 5.97 Å². The first kappa shape index (κ1) is 15.8. The van der Waals surface area contributed by atoms with Crippen LogP contribution in [0.25, 0.3) is 0 Å². The minimum Gasteiger partial charge on any atom is -0.481 e. The molecule has 2 aliphatic heterocycles. The van der Waals surface area contributed by atoms with Gasteiger partial charge in [-0.1, -0.05) is 13.3 Å². The van der Waals surface area contributed by atoms with Gasteiger partial charge in [0.1, 0.15) is 0 Å². The predicted molar refractivity (Wildman–Crippen MR) is 80.9 cm³/mol. The number of nitrogens with zero attached hydrogens (tertiary/aromatic N) is 2. The van der Waals surface area contributed by atoms with Crippen LogP contribution in [0.3, 0.4) is 0 Å².